The predicted octanol–water partition coefficient (Wildman–Crippen LogP) is 3.34. The van der Waals surface area contributed by atoms with E-state index < -0.39 is 9.85 Å². The standard InChI is InChI=1S/C11H6ClN3O5/c12-10-5-8(15(18)19)6-11(13-10)20-9-3-1-7(2-4-9)14(16)17/h1-6H. The van der Waals surface area contributed by atoms with Crippen molar-refractivity contribution in [1.82, 2.24) is 4.98 Å². The second-order valence-corrected chi connectivity index (χ2v) is 3.98. The van der Waals surface area contributed by atoms with Crippen LogP contribution >= 0.6 is 11.6 Å². The number of nitro groups is 2. The predicted molar refractivity (Wildman–Crippen MR) is 69.1 cm³/mol. The molecule has 1 aromatic carbocycles. The average molecular weight is 296 g/mol. The molecule has 102 valence electrons. The summed E-state index contributed by atoms with van der Waals surface area (Å²) in [5.41, 5.74) is -0.357. The highest BCUT2D eigenvalue weighted by Crippen LogP contribution is 2.27. The molecule has 0 radical (unpaired) electrons. The summed E-state index contributed by atoms with van der Waals surface area (Å²) in [6.07, 6.45) is 0. The van der Waals surface area contributed by atoms with E-state index in [0.29, 0.717) is 0 Å². The quantitative estimate of drug-likeness (QED) is 0.486. The average Bonchev–Trinajstić information content (AvgIpc) is 2.38. The Balaban J connectivity index is 2.25. The van der Waals surface area contributed by atoms with E-state index in [1.165, 1.54) is 24.3 Å². The van der Waals surface area contributed by atoms with Gasteiger partial charge in [-0.1, -0.05) is 11.6 Å². The van der Waals surface area contributed by atoms with Crippen LogP contribution in [0.2, 0.25) is 5.15 Å². The Morgan fingerprint density at radius 1 is 1.00 bits per heavy atom. The molecule has 0 amide bonds. The first-order chi connectivity index (χ1) is 9.45. The maximum atomic E-state index is 10.7. The van der Waals surface area contributed by atoms with Gasteiger partial charge in [0.05, 0.1) is 22.0 Å². The van der Waals surface area contributed by atoms with Crippen LogP contribution in [0.25, 0.3) is 0 Å². The first-order valence-corrected chi connectivity index (χ1v) is 5.58. The number of non-ortho nitro benzene ring substituents is 1. The molecule has 1 aromatic heterocycles. The lowest BCUT2D eigenvalue weighted by Gasteiger charge is -2.04. The number of ether oxygens (including phenoxy) is 1. The van der Waals surface area contributed by atoms with Crippen molar-refractivity contribution in [2.45, 2.75) is 0 Å². The Morgan fingerprint density at radius 2 is 1.60 bits per heavy atom. The van der Waals surface area contributed by atoms with Crippen LogP contribution in [0.15, 0.2) is 36.4 Å². The zero-order valence-electron chi connectivity index (χ0n) is 9.72. The van der Waals surface area contributed by atoms with Gasteiger partial charge in [0.15, 0.2) is 0 Å². The van der Waals surface area contributed by atoms with Crippen molar-refractivity contribution in [3.63, 3.8) is 0 Å². The molecule has 0 aliphatic carbocycles. The molecule has 0 unspecified atom stereocenters. The van der Waals surface area contributed by atoms with Crippen LogP contribution in [0.5, 0.6) is 11.6 Å². The van der Waals surface area contributed by atoms with Crippen LogP contribution in [0.3, 0.4) is 0 Å². The molecule has 9 heteroatoms. The first-order valence-electron chi connectivity index (χ1n) is 5.20. The highest BCUT2D eigenvalue weighted by Gasteiger charge is 2.12. The molecule has 1 heterocycles. The van der Waals surface area contributed by atoms with Crippen molar-refractivity contribution >= 4 is 23.0 Å². The zero-order chi connectivity index (χ0) is 14.7. The Labute approximate surface area is 116 Å². The molecule has 0 N–H and O–H groups in total. The molecule has 0 saturated heterocycles. The van der Waals surface area contributed by atoms with Crippen LogP contribution in [0.1, 0.15) is 0 Å². The summed E-state index contributed by atoms with van der Waals surface area (Å²) in [6, 6.07) is 7.39. The van der Waals surface area contributed by atoms with E-state index >= 15 is 0 Å². The van der Waals surface area contributed by atoms with Gasteiger partial charge in [-0.2, -0.15) is 0 Å². The Kier molecular flexibility index (Phi) is 3.76. The van der Waals surface area contributed by atoms with Gasteiger partial charge in [0.2, 0.25) is 5.88 Å². The van der Waals surface area contributed by atoms with Gasteiger partial charge < -0.3 is 4.74 Å². The Hall–Kier alpha value is -2.74. The van der Waals surface area contributed by atoms with Crippen LogP contribution in [-0.2, 0) is 0 Å². The number of rotatable bonds is 4. The summed E-state index contributed by atoms with van der Waals surface area (Å²) in [5.74, 6) is 0.178. The number of hydrogen-bond acceptors (Lipinski definition) is 6. The number of nitro benzene ring substituents is 1. The number of hydrogen-bond donors (Lipinski definition) is 0. The Bertz CT molecular complexity index is 674. The normalized spacial score (nSPS) is 10.1. The van der Waals surface area contributed by atoms with Crippen LogP contribution < -0.4 is 4.74 Å². The third-order valence-corrected chi connectivity index (χ3v) is 2.43. The minimum atomic E-state index is -0.629. The highest BCUT2D eigenvalue weighted by molar-refractivity contribution is 6.29. The molecule has 20 heavy (non-hydrogen) atoms. The zero-order valence-corrected chi connectivity index (χ0v) is 10.5. The van der Waals surface area contributed by atoms with Gasteiger partial charge in [-0.05, 0) is 12.1 Å². The number of benzene rings is 1. The topological polar surface area (TPSA) is 108 Å². The third-order valence-electron chi connectivity index (χ3n) is 2.24. The van der Waals surface area contributed by atoms with Crippen molar-refractivity contribution < 1.29 is 14.6 Å². The lowest BCUT2D eigenvalue weighted by molar-refractivity contribution is -0.385. The maximum Gasteiger partial charge on any atom is 0.277 e. The smallest absolute Gasteiger partial charge is 0.277 e. The van der Waals surface area contributed by atoms with Crippen molar-refractivity contribution in [3.8, 4) is 11.6 Å². The number of pyridine rings is 1. The van der Waals surface area contributed by atoms with Crippen molar-refractivity contribution in [1.29, 1.82) is 0 Å². The van der Waals surface area contributed by atoms with Crippen molar-refractivity contribution in [3.05, 3.63) is 61.8 Å². The van der Waals surface area contributed by atoms with Gasteiger partial charge in [0.25, 0.3) is 11.4 Å². The van der Waals surface area contributed by atoms with Crippen molar-refractivity contribution in [2.75, 3.05) is 0 Å². The SMILES string of the molecule is O=[N+]([O-])c1ccc(Oc2cc([N+](=O)[O-])cc(Cl)n2)cc1. The minimum Gasteiger partial charge on any atom is -0.439 e. The maximum absolute atomic E-state index is 10.7. The fraction of sp³-hybridized carbons (Fsp3) is 0. The molecule has 0 bridgehead atoms. The molecule has 2 rings (SSSR count). The van der Waals surface area contributed by atoms with E-state index in [1.54, 1.807) is 0 Å². The van der Waals surface area contributed by atoms with Crippen LogP contribution in [0.4, 0.5) is 11.4 Å². The van der Waals surface area contributed by atoms with Crippen molar-refractivity contribution in [2.24, 2.45) is 0 Å². The third kappa shape index (κ3) is 3.18. The molecule has 0 spiro atoms. The summed E-state index contributed by atoms with van der Waals surface area (Å²) >= 11 is 5.64. The summed E-state index contributed by atoms with van der Waals surface area (Å²) in [6.45, 7) is 0. The number of aromatic nitrogens is 1. The summed E-state index contributed by atoms with van der Waals surface area (Å²) in [4.78, 5) is 23.8. The van der Waals surface area contributed by atoms with Crippen LogP contribution in [0, 0.1) is 20.2 Å². The lowest BCUT2D eigenvalue weighted by atomic mass is 10.3. The molecular weight excluding hydrogens is 290 g/mol. The molecule has 0 saturated carbocycles. The molecule has 0 fully saturated rings. The first kappa shape index (κ1) is 13.7. The molecule has 0 aliphatic heterocycles. The molecule has 2 aromatic rings. The van der Waals surface area contributed by atoms with Crippen LogP contribution in [-0.4, -0.2) is 14.8 Å². The summed E-state index contributed by atoms with van der Waals surface area (Å²) in [5, 5.41) is 21.1. The van der Waals surface area contributed by atoms with Gasteiger partial charge in [0, 0.05) is 12.1 Å². The summed E-state index contributed by atoms with van der Waals surface area (Å²) in [7, 11) is 0. The lowest BCUT2D eigenvalue weighted by Crippen LogP contribution is -1.93. The highest BCUT2D eigenvalue weighted by atomic mass is 35.5. The van der Waals surface area contributed by atoms with Gasteiger partial charge in [-0.25, -0.2) is 4.98 Å². The van der Waals surface area contributed by atoms with Gasteiger partial charge in [-0.3, -0.25) is 20.2 Å². The fourth-order valence-electron chi connectivity index (χ4n) is 1.37. The number of halogens is 1. The molecule has 0 atom stereocenters. The van der Waals surface area contributed by atoms with E-state index in [1.807, 2.05) is 0 Å². The Morgan fingerprint density at radius 3 is 2.15 bits per heavy atom. The largest absolute Gasteiger partial charge is 0.439 e. The summed E-state index contributed by atoms with van der Waals surface area (Å²) < 4.78 is 5.26. The van der Waals surface area contributed by atoms with Gasteiger partial charge in [-0.15, -0.1) is 0 Å². The van der Waals surface area contributed by atoms with E-state index in [9.17, 15) is 20.2 Å². The van der Waals surface area contributed by atoms with E-state index in [0.717, 1.165) is 12.1 Å². The molecule has 0 aliphatic rings. The molecule has 8 nitrogen and oxygen atoms in total. The molecular formula is C11H6ClN3O5. The second-order valence-electron chi connectivity index (χ2n) is 3.60. The minimum absolute atomic E-state index is 0.0712. The van der Waals surface area contributed by atoms with E-state index in [-0.39, 0.29) is 28.2 Å². The van der Waals surface area contributed by atoms with Gasteiger partial charge in [0.1, 0.15) is 10.9 Å². The second kappa shape index (κ2) is 5.49. The monoisotopic (exact) mass is 295 g/mol. The van der Waals surface area contributed by atoms with E-state index in [4.69, 9.17) is 16.3 Å². The van der Waals surface area contributed by atoms with Gasteiger partial charge >= 0.3 is 0 Å². The van der Waals surface area contributed by atoms with E-state index in [2.05, 4.69) is 4.98 Å². The number of nitrogens with zero attached hydrogens (tertiary/aromatic N) is 3. The fourth-order valence-corrected chi connectivity index (χ4v) is 1.57.